The first-order valence-corrected chi connectivity index (χ1v) is 5.20. The molecule has 0 N–H and O–H groups in total. The Hall–Kier alpha value is -0.310. The predicted octanol–water partition coefficient (Wildman–Crippen LogP) is 2.38. The third-order valence-electron chi connectivity index (χ3n) is 1.79. The van der Waals surface area contributed by atoms with Gasteiger partial charge < -0.3 is 0 Å². The molecule has 0 saturated heterocycles. The van der Waals surface area contributed by atoms with E-state index in [9.17, 15) is 0 Å². The average Bonchev–Trinajstić information content (AvgIpc) is 2.35. The maximum absolute atomic E-state index is 4.34. The molecule has 68 valence electrons. The molecule has 1 aromatic rings. The molecule has 0 saturated carbocycles. The van der Waals surface area contributed by atoms with Gasteiger partial charge in [-0.05, 0) is 17.9 Å². The van der Waals surface area contributed by atoms with E-state index in [1.165, 1.54) is 5.69 Å². The highest BCUT2D eigenvalue weighted by atomic mass is 79.9. The molecule has 0 bridgehead atoms. The minimum absolute atomic E-state index is 0.300. The molecule has 0 aliphatic heterocycles. The molecule has 1 heterocycles. The SMILES string of the molecule is Cn1ccc(CC(C)(C)CBr)n1. The van der Waals surface area contributed by atoms with E-state index in [1.54, 1.807) is 0 Å². The van der Waals surface area contributed by atoms with Crippen molar-refractivity contribution in [3.63, 3.8) is 0 Å². The Bertz CT molecular complexity index is 253. The summed E-state index contributed by atoms with van der Waals surface area (Å²) in [5.74, 6) is 0. The monoisotopic (exact) mass is 230 g/mol. The van der Waals surface area contributed by atoms with E-state index in [0.717, 1.165) is 11.8 Å². The van der Waals surface area contributed by atoms with Gasteiger partial charge in [0.1, 0.15) is 0 Å². The molecule has 0 spiro atoms. The lowest BCUT2D eigenvalue weighted by Gasteiger charge is -2.19. The highest BCUT2D eigenvalue weighted by Crippen LogP contribution is 2.22. The van der Waals surface area contributed by atoms with Gasteiger partial charge in [0.25, 0.3) is 0 Å². The fraction of sp³-hybridized carbons (Fsp3) is 0.667. The van der Waals surface area contributed by atoms with Crippen LogP contribution in [-0.4, -0.2) is 15.1 Å². The van der Waals surface area contributed by atoms with E-state index >= 15 is 0 Å². The summed E-state index contributed by atoms with van der Waals surface area (Å²) < 4.78 is 1.85. The number of hydrogen-bond donors (Lipinski definition) is 0. The van der Waals surface area contributed by atoms with Crippen molar-refractivity contribution >= 4 is 15.9 Å². The summed E-state index contributed by atoms with van der Waals surface area (Å²) in [6.45, 7) is 4.47. The van der Waals surface area contributed by atoms with Crippen molar-refractivity contribution in [1.82, 2.24) is 9.78 Å². The average molecular weight is 231 g/mol. The van der Waals surface area contributed by atoms with Gasteiger partial charge in [0.05, 0.1) is 5.69 Å². The van der Waals surface area contributed by atoms with Gasteiger partial charge in [-0.1, -0.05) is 29.8 Å². The van der Waals surface area contributed by atoms with Gasteiger partial charge >= 0.3 is 0 Å². The Morgan fingerprint density at radius 1 is 1.58 bits per heavy atom. The molecule has 0 unspecified atom stereocenters. The summed E-state index contributed by atoms with van der Waals surface area (Å²) in [5.41, 5.74) is 1.47. The molecular weight excluding hydrogens is 216 g/mol. The summed E-state index contributed by atoms with van der Waals surface area (Å²) in [6, 6.07) is 2.07. The minimum atomic E-state index is 0.300. The van der Waals surface area contributed by atoms with Crippen molar-refractivity contribution in [2.45, 2.75) is 20.3 Å². The molecule has 0 amide bonds. The van der Waals surface area contributed by atoms with Crippen LogP contribution in [0.1, 0.15) is 19.5 Å². The van der Waals surface area contributed by atoms with Crippen LogP contribution < -0.4 is 0 Å². The van der Waals surface area contributed by atoms with Crippen molar-refractivity contribution in [3.8, 4) is 0 Å². The molecule has 1 aromatic heterocycles. The Labute approximate surface area is 82.1 Å². The molecule has 3 heteroatoms. The van der Waals surface area contributed by atoms with Crippen molar-refractivity contribution in [1.29, 1.82) is 0 Å². The van der Waals surface area contributed by atoms with Gasteiger partial charge in [0, 0.05) is 18.6 Å². The maximum Gasteiger partial charge on any atom is 0.0630 e. The third-order valence-corrected chi connectivity index (χ3v) is 3.31. The van der Waals surface area contributed by atoms with E-state index in [4.69, 9.17) is 0 Å². The summed E-state index contributed by atoms with van der Waals surface area (Å²) in [7, 11) is 1.95. The number of rotatable bonds is 3. The summed E-state index contributed by atoms with van der Waals surface area (Å²) in [4.78, 5) is 0. The van der Waals surface area contributed by atoms with Gasteiger partial charge in [-0.25, -0.2) is 0 Å². The van der Waals surface area contributed by atoms with Crippen LogP contribution in [0.5, 0.6) is 0 Å². The molecule has 0 aromatic carbocycles. The van der Waals surface area contributed by atoms with Crippen molar-refractivity contribution in [3.05, 3.63) is 18.0 Å². The first kappa shape index (κ1) is 9.78. The summed E-state index contributed by atoms with van der Waals surface area (Å²) in [6.07, 6.45) is 3.01. The van der Waals surface area contributed by atoms with E-state index in [0.29, 0.717) is 5.41 Å². The Kier molecular flexibility index (Phi) is 2.94. The highest BCUT2D eigenvalue weighted by molar-refractivity contribution is 9.09. The fourth-order valence-electron chi connectivity index (χ4n) is 1.10. The number of halogens is 1. The first-order chi connectivity index (χ1) is 5.53. The van der Waals surface area contributed by atoms with E-state index in [-0.39, 0.29) is 0 Å². The summed E-state index contributed by atoms with van der Waals surface area (Å²) >= 11 is 3.50. The van der Waals surface area contributed by atoms with Gasteiger partial charge in [0.15, 0.2) is 0 Å². The second kappa shape index (κ2) is 3.60. The lowest BCUT2D eigenvalue weighted by molar-refractivity contribution is 0.417. The standard InChI is InChI=1S/C9H15BrN2/c1-9(2,7-10)6-8-4-5-12(3)11-8/h4-5H,6-7H2,1-3H3. The zero-order valence-electron chi connectivity index (χ0n) is 7.84. The molecule has 0 aliphatic rings. The van der Waals surface area contributed by atoms with Crippen molar-refractivity contribution in [2.24, 2.45) is 12.5 Å². The second-order valence-corrected chi connectivity index (χ2v) is 4.52. The van der Waals surface area contributed by atoms with Crippen LogP contribution in [0.25, 0.3) is 0 Å². The van der Waals surface area contributed by atoms with Crippen LogP contribution in [0.15, 0.2) is 12.3 Å². The number of alkyl halides is 1. The number of nitrogens with zero attached hydrogens (tertiary/aromatic N) is 2. The number of aromatic nitrogens is 2. The minimum Gasteiger partial charge on any atom is -0.276 e. The van der Waals surface area contributed by atoms with Crippen LogP contribution in [0.2, 0.25) is 0 Å². The molecule has 2 nitrogen and oxygen atoms in total. The number of aryl methyl sites for hydroxylation is 1. The van der Waals surface area contributed by atoms with Crippen LogP contribution in [0.4, 0.5) is 0 Å². The predicted molar refractivity (Wildman–Crippen MR) is 54.5 cm³/mol. The topological polar surface area (TPSA) is 17.8 Å². The molecule has 0 atom stereocenters. The summed E-state index contributed by atoms with van der Waals surface area (Å²) in [5, 5.41) is 5.35. The van der Waals surface area contributed by atoms with E-state index in [1.807, 2.05) is 17.9 Å². The lowest BCUT2D eigenvalue weighted by atomic mass is 9.91. The highest BCUT2D eigenvalue weighted by Gasteiger charge is 2.17. The van der Waals surface area contributed by atoms with Crippen LogP contribution in [0.3, 0.4) is 0 Å². The van der Waals surface area contributed by atoms with Crippen molar-refractivity contribution in [2.75, 3.05) is 5.33 Å². The molecule has 12 heavy (non-hydrogen) atoms. The molecule has 0 fully saturated rings. The molecule has 0 radical (unpaired) electrons. The lowest BCUT2D eigenvalue weighted by Crippen LogP contribution is -2.16. The Morgan fingerprint density at radius 2 is 2.25 bits per heavy atom. The van der Waals surface area contributed by atoms with Gasteiger partial charge in [-0.15, -0.1) is 0 Å². The van der Waals surface area contributed by atoms with Crippen molar-refractivity contribution < 1.29 is 0 Å². The Morgan fingerprint density at radius 3 is 2.67 bits per heavy atom. The normalized spacial score (nSPS) is 12.0. The molecule has 0 aliphatic carbocycles. The smallest absolute Gasteiger partial charge is 0.0630 e. The molecule has 1 rings (SSSR count). The van der Waals surface area contributed by atoms with Gasteiger partial charge in [0.2, 0.25) is 0 Å². The van der Waals surface area contributed by atoms with Crippen LogP contribution >= 0.6 is 15.9 Å². The van der Waals surface area contributed by atoms with E-state index in [2.05, 4.69) is 40.9 Å². The third kappa shape index (κ3) is 2.63. The first-order valence-electron chi connectivity index (χ1n) is 4.08. The fourth-order valence-corrected chi connectivity index (χ4v) is 1.29. The zero-order chi connectivity index (χ0) is 9.19. The van der Waals surface area contributed by atoms with Gasteiger partial charge in [-0.2, -0.15) is 5.10 Å². The van der Waals surface area contributed by atoms with Crippen LogP contribution in [-0.2, 0) is 13.5 Å². The number of hydrogen-bond acceptors (Lipinski definition) is 1. The van der Waals surface area contributed by atoms with Gasteiger partial charge in [-0.3, -0.25) is 4.68 Å². The Balaban J connectivity index is 2.63. The second-order valence-electron chi connectivity index (χ2n) is 3.96. The molecular formula is C9H15BrN2. The van der Waals surface area contributed by atoms with Crippen LogP contribution in [0, 0.1) is 5.41 Å². The maximum atomic E-state index is 4.34. The quantitative estimate of drug-likeness (QED) is 0.730. The largest absolute Gasteiger partial charge is 0.276 e. The van der Waals surface area contributed by atoms with E-state index < -0.39 is 0 Å². The zero-order valence-corrected chi connectivity index (χ0v) is 9.43.